The summed E-state index contributed by atoms with van der Waals surface area (Å²) in [5.74, 6) is 1.21. The first-order chi connectivity index (χ1) is 9.26. The van der Waals surface area contributed by atoms with Gasteiger partial charge in [-0.05, 0) is 44.0 Å². The van der Waals surface area contributed by atoms with Crippen molar-refractivity contribution in [3.8, 4) is 0 Å². The first-order valence-electron chi connectivity index (χ1n) is 7.11. The van der Waals surface area contributed by atoms with Crippen molar-refractivity contribution in [1.82, 2.24) is 9.55 Å². The third-order valence-corrected chi connectivity index (χ3v) is 3.83. The number of nitrogens with zero attached hydrogens (tertiary/aromatic N) is 2. The normalized spacial score (nSPS) is 11.3. The van der Waals surface area contributed by atoms with Crippen molar-refractivity contribution in [2.45, 2.75) is 45.6 Å². The molecule has 19 heavy (non-hydrogen) atoms. The van der Waals surface area contributed by atoms with Crippen LogP contribution < -0.4 is 5.73 Å². The van der Waals surface area contributed by atoms with Gasteiger partial charge >= 0.3 is 0 Å². The molecule has 0 spiro atoms. The molecular formula is C15H22BrN3. The van der Waals surface area contributed by atoms with Crippen LogP contribution in [0.15, 0.2) is 22.7 Å². The van der Waals surface area contributed by atoms with Gasteiger partial charge in [-0.25, -0.2) is 4.98 Å². The summed E-state index contributed by atoms with van der Waals surface area (Å²) in [7, 11) is 0. The highest BCUT2D eigenvalue weighted by molar-refractivity contribution is 9.10. The Hall–Kier alpha value is -0.870. The number of aryl methyl sites for hydroxylation is 2. The average molecular weight is 324 g/mol. The zero-order valence-corrected chi connectivity index (χ0v) is 13.1. The SMILES string of the molecule is CCCn1c(CCCCCN)nc2cc(Br)ccc21. The van der Waals surface area contributed by atoms with Crippen LogP contribution in [0, 0.1) is 0 Å². The van der Waals surface area contributed by atoms with Crippen LogP contribution in [0.1, 0.15) is 38.4 Å². The molecule has 0 aliphatic rings. The topological polar surface area (TPSA) is 43.8 Å². The number of halogens is 1. The largest absolute Gasteiger partial charge is 0.330 e. The lowest BCUT2D eigenvalue weighted by atomic mass is 10.2. The molecule has 1 heterocycles. The van der Waals surface area contributed by atoms with Crippen molar-refractivity contribution in [2.75, 3.05) is 6.54 Å². The van der Waals surface area contributed by atoms with Crippen LogP contribution >= 0.6 is 15.9 Å². The van der Waals surface area contributed by atoms with Crippen LogP contribution in [0.3, 0.4) is 0 Å². The van der Waals surface area contributed by atoms with Crippen LogP contribution in [0.25, 0.3) is 11.0 Å². The Labute approximate surface area is 123 Å². The molecule has 0 radical (unpaired) electrons. The molecule has 0 aliphatic heterocycles. The van der Waals surface area contributed by atoms with Gasteiger partial charge in [0.1, 0.15) is 5.82 Å². The summed E-state index contributed by atoms with van der Waals surface area (Å²) >= 11 is 3.52. The monoisotopic (exact) mass is 323 g/mol. The lowest BCUT2D eigenvalue weighted by molar-refractivity contribution is 0.614. The number of hydrogen-bond donors (Lipinski definition) is 1. The third kappa shape index (κ3) is 3.57. The third-order valence-electron chi connectivity index (χ3n) is 3.34. The molecule has 2 N–H and O–H groups in total. The lowest BCUT2D eigenvalue weighted by Gasteiger charge is -2.07. The van der Waals surface area contributed by atoms with Crippen LogP contribution in [-0.4, -0.2) is 16.1 Å². The molecule has 1 aromatic heterocycles. The van der Waals surface area contributed by atoms with Crippen molar-refractivity contribution in [3.63, 3.8) is 0 Å². The van der Waals surface area contributed by atoms with Crippen LogP contribution in [0.5, 0.6) is 0 Å². The zero-order valence-electron chi connectivity index (χ0n) is 11.5. The van der Waals surface area contributed by atoms with E-state index in [0.29, 0.717) is 0 Å². The number of hydrogen-bond acceptors (Lipinski definition) is 2. The second kappa shape index (κ2) is 7.06. The van der Waals surface area contributed by atoms with Crippen molar-refractivity contribution < 1.29 is 0 Å². The van der Waals surface area contributed by atoms with Gasteiger partial charge in [0.2, 0.25) is 0 Å². The van der Waals surface area contributed by atoms with E-state index in [9.17, 15) is 0 Å². The van der Waals surface area contributed by atoms with Crippen molar-refractivity contribution >= 4 is 27.0 Å². The van der Waals surface area contributed by atoms with Gasteiger partial charge in [0.05, 0.1) is 11.0 Å². The minimum atomic E-state index is 0.790. The number of benzene rings is 1. The highest BCUT2D eigenvalue weighted by Gasteiger charge is 2.10. The number of unbranched alkanes of at least 4 members (excludes halogenated alkanes) is 2. The van der Waals surface area contributed by atoms with Crippen molar-refractivity contribution in [2.24, 2.45) is 5.73 Å². The maximum absolute atomic E-state index is 5.54. The smallest absolute Gasteiger partial charge is 0.109 e. The Kier molecular flexibility index (Phi) is 5.40. The second-order valence-electron chi connectivity index (χ2n) is 4.91. The van der Waals surface area contributed by atoms with E-state index in [1.54, 1.807) is 0 Å². The summed E-state index contributed by atoms with van der Waals surface area (Å²) in [6, 6.07) is 6.35. The molecule has 104 valence electrons. The van der Waals surface area contributed by atoms with E-state index >= 15 is 0 Å². The fourth-order valence-electron chi connectivity index (χ4n) is 2.42. The Morgan fingerprint density at radius 2 is 2.11 bits per heavy atom. The quantitative estimate of drug-likeness (QED) is 0.786. The summed E-state index contributed by atoms with van der Waals surface area (Å²) in [5.41, 5.74) is 7.88. The standard InChI is InChI=1S/C15H22BrN3/c1-2-10-19-14-8-7-12(16)11-13(14)18-15(19)6-4-3-5-9-17/h7-8,11H,2-6,9-10,17H2,1H3. The second-order valence-corrected chi connectivity index (χ2v) is 5.83. The van der Waals surface area contributed by atoms with Gasteiger partial charge in [0, 0.05) is 17.4 Å². The molecule has 0 amide bonds. The van der Waals surface area contributed by atoms with Gasteiger partial charge in [-0.1, -0.05) is 29.3 Å². The van der Waals surface area contributed by atoms with Crippen LogP contribution in [0.4, 0.5) is 0 Å². The minimum Gasteiger partial charge on any atom is -0.330 e. The maximum Gasteiger partial charge on any atom is 0.109 e. The van der Waals surface area contributed by atoms with Crippen LogP contribution in [0.2, 0.25) is 0 Å². The Morgan fingerprint density at radius 3 is 2.84 bits per heavy atom. The maximum atomic E-state index is 5.54. The first-order valence-corrected chi connectivity index (χ1v) is 7.90. The molecule has 0 aliphatic carbocycles. The number of imidazole rings is 1. The molecule has 3 nitrogen and oxygen atoms in total. The molecule has 0 unspecified atom stereocenters. The number of nitrogens with two attached hydrogens (primary N) is 1. The highest BCUT2D eigenvalue weighted by Crippen LogP contribution is 2.22. The van der Waals surface area contributed by atoms with E-state index < -0.39 is 0 Å². The van der Waals surface area contributed by atoms with Gasteiger partial charge in [-0.2, -0.15) is 0 Å². The Morgan fingerprint density at radius 1 is 1.26 bits per heavy atom. The van der Waals surface area contributed by atoms with E-state index in [4.69, 9.17) is 10.7 Å². The summed E-state index contributed by atoms with van der Waals surface area (Å²) in [5, 5.41) is 0. The highest BCUT2D eigenvalue weighted by atomic mass is 79.9. The van der Waals surface area contributed by atoms with Gasteiger partial charge in [-0.3, -0.25) is 0 Å². The zero-order chi connectivity index (χ0) is 13.7. The summed E-state index contributed by atoms with van der Waals surface area (Å²) in [6.07, 6.45) is 5.66. The molecule has 0 saturated carbocycles. The van der Waals surface area contributed by atoms with Gasteiger partial charge in [-0.15, -0.1) is 0 Å². The molecule has 2 rings (SSSR count). The average Bonchev–Trinajstić information content (AvgIpc) is 2.73. The summed E-state index contributed by atoms with van der Waals surface area (Å²) in [4.78, 5) is 4.79. The molecule has 0 saturated heterocycles. The van der Waals surface area contributed by atoms with E-state index in [2.05, 4.69) is 45.6 Å². The molecule has 0 bridgehead atoms. The number of rotatable bonds is 7. The summed E-state index contributed by atoms with van der Waals surface area (Å²) in [6.45, 7) is 4.05. The number of fused-ring (bicyclic) bond motifs is 1. The molecular weight excluding hydrogens is 302 g/mol. The van der Waals surface area contributed by atoms with Gasteiger partial charge < -0.3 is 10.3 Å². The fraction of sp³-hybridized carbons (Fsp3) is 0.533. The molecule has 1 aromatic carbocycles. The minimum absolute atomic E-state index is 0.790. The first kappa shape index (κ1) is 14.5. The Balaban J connectivity index is 2.22. The Bertz CT molecular complexity index is 533. The summed E-state index contributed by atoms with van der Waals surface area (Å²) < 4.78 is 3.46. The predicted molar refractivity (Wildman–Crippen MR) is 84.3 cm³/mol. The van der Waals surface area contributed by atoms with Crippen molar-refractivity contribution in [3.05, 3.63) is 28.5 Å². The molecule has 0 atom stereocenters. The number of aromatic nitrogens is 2. The van der Waals surface area contributed by atoms with E-state index in [-0.39, 0.29) is 0 Å². The van der Waals surface area contributed by atoms with E-state index in [1.807, 2.05) is 0 Å². The van der Waals surface area contributed by atoms with Crippen molar-refractivity contribution in [1.29, 1.82) is 0 Å². The fourth-order valence-corrected chi connectivity index (χ4v) is 2.77. The van der Waals surface area contributed by atoms with Crippen LogP contribution in [-0.2, 0) is 13.0 Å². The van der Waals surface area contributed by atoms with Gasteiger partial charge in [0.25, 0.3) is 0 Å². The molecule has 2 aromatic rings. The lowest BCUT2D eigenvalue weighted by Crippen LogP contribution is -2.04. The molecule has 0 fully saturated rings. The predicted octanol–water partition coefficient (Wildman–Crippen LogP) is 3.88. The van der Waals surface area contributed by atoms with E-state index in [1.165, 1.54) is 24.2 Å². The van der Waals surface area contributed by atoms with Gasteiger partial charge in [0.15, 0.2) is 0 Å². The van der Waals surface area contributed by atoms with E-state index in [0.717, 1.165) is 42.3 Å². The molecule has 4 heteroatoms.